The minimum absolute atomic E-state index is 0.308. The second kappa shape index (κ2) is 3.55. The lowest BCUT2D eigenvalue weighted by Gasteiger charge is -2.40. The third kappa shape index (κ3) is 1.94. The van der Waals surface area contributed by atoms with Crippen LogP contribution in [0.1, 0.15) is 34.6 Å². The molecule has 0 fully saturated rings. The molecule has 0 saturated heterocycles. The van der Waals surface area contributed by atoms with Gasteiger partial charge in [-0.3, -0.25) is 0 Å². The molecule has 0 rings (SSSR count). The third-order valence-electron chi connectivity index (χ3n) is 2.72. The van der Waals surface area contributed by atoms with Gasteiger partial charge in [0.1, 0.15) is 0 Å². The van der Waals surface area contributed by atoms with Gasteiger partial charge in [-0.05, 0) is 18.8 Å². The first-order valence-electron chi connectivity index (χ1n) is 4.30. The van der Waals surface area contributed by atoms with E-state index in [1.807, 2.05) is 27.7 Å². The highest BCUT2D eigenvalue weighted by atomic mass is 16.3. The first-order chi connectivity index (χ1) is 4.83. The zero-order chi connectivity index (χ0) is 9.23. The van der Waals surface area contributed by atoms with Gasteiger partial charge < -0.3 is 10.8 Å². The van der Waals surface area contributed by atoms with E-state index in [1.54, 1.807) is 6.92 Å². The lowest BCUT2D eigenvalue weighted by atomic mass is 9.74. The standard InChI is InChI=1S/C9H21NO/c1-6(2)9(10,7(3)4)8(5)11/h6-8,11H,10H2,1-5H3. The Morgan fingerprint density at radius 3 is 1.27 bits per heavy atom. The second-order valence-electron chi connectivity index (χ2n) is 3.99. The highest BCUT2D eigenvalue weighted by Crippen LogP contribution is 2.26. The molecule has 0 aromatic heterocycles. The summed E-state index contributed by atoms with van der Waals surface area (Å²) < 4.78 is 0. The van der Waals surface area contributed by atoms with Gasteiger partial charge in [-0.25, -0.2) is 0 Å². The first kappa shape index (κ1) is 10.9. The number of hydrogen-bond acceptors (Lipinski definition) is 2. The van der Waals surface area contributed by atoms with Crippen molar-refractivity contribution >= 4 is 0 Å². The van der Waals surface area contributed by atoms with Gasteiger partial charge in [0.25, 0.3) is 0 Å². The van der Waals surface area contributed by atoms with Crippen LogP contribution in [0.3, 0.4) is 0 Å². The topological polar surface area (TPSA) is 46.2 Å². The molecule has 0 saturated carbocycles. The molecule has 0 aliphatic heterocycles. The van der Waals surface area contributed by atoms with Crippen molar-refractivity contribution in [3.05, 3.63) is 0 Å². The lowest BCUT2D eigenvalue weighted by Crippen LogP contribution is -2.57. The van der Waals surface area contributed by atoms with Crippen molar-refractivity contribution in [1.29, 1.82) is 0 Å². The van der Waals surface area contributed by atoms with Crippen molar-refractivity contribution in [2.24, 2.45) is 17.6 Å². The van der Waals surface area contributed by atoms with Crippen LogP contribution in [-0.4, -0.2) is 16.7 Å². The Bertz CT molecular complexity index is 97.0. The van der Waals surface area contributed by atoms with Crippen LogP contribution in [0.2, 0.25) is 0 Å². The van der Waals surface area contributed by atoms with Gasteiger partial charge in [-0.1, -0.05) is 27.7 Å². The van der Waals surface area contributed by atoms with E-state index in [0.29, 0.717) is 11.8 Å². The quantitative estimate of drug-likeness (QED) is 0.653. The van der Waals surface area contributed by atoms with Crippen LogP contribution in [0, 0.1) is 11.8 Å². The maximum absolute atomic E-state index is 9.49. The van der Waals surface area contributed by atoms with E-state index in [2.05, 4.69) is 0 Å². The Kier molecular flexibility index (Phi) is 3.52. The molecule has 0 bridgehead atoms. The van der Waals surface area contributed by atoms with Crippen LogP contribution >= 0.6 is 0 Å². The fourth-order valence-electron chi connectivity index (χ4n) is 1.63. The van der Waals surface area contributed by atoms with Crippen molar-refractivity contribution in [3.8, 4) is 0 Å². The maximum atomic E-state index is 9.49. The molecule has 1 atom stereocenters. The van der Waals surface area contributed by atoms with Gasteiger partial charge in [0.15, 0.2) is 0 Å². The van der Waals surface area contributed by atoms with E-state index in [9.17, 15) is 5.11 Å². The van der Waals surface area contributed by atoms with Crippen molar-refractivity contribution < 1.29 is 5.11 Å². The van der Waals surface area contributed by atoms with Crippen LogP contribution in [0.4, 0.5) is 0 Å². The van der Waals surface area contributed by atoms with Gasteiger partial charge in [0.2, 0.25) is 0 Å². The summed E-state index contributed by atoms with van der Waals surface area (Å²) in [5.74, 6) is 0.616. The van der Waals surface area contributed by atoms with E-state index in [1.165, 1.54) is 0 Å². The van der Waals surface area contributed by atoms with E-state index >= 15 is 0 Å². The van der Waals surface area contributed by atoms with E-state index in [0.717, 1.165) is 0 Å². The molecule has 0 aliphatic rings. The number of aliphatic hydroxyl groups excluding tert-OH is 1. The number of rotatable bonds is 3. The van der Waals surface area contributed by atoms with Crippen LogP contribution in [-0.2, 0) is 0 Å². The van der Waals surface area contributed by atoms with Crippen LogP contribution in [0.25, 0.3) is 0 Å². The Labute approximate surface area is 69.8 Å². The summed E-state index contributed by atoms with van der Waals surface area (Å²) >= 11 is 0. The lowest BCUT2D eigenvalue weighted by molar-refractivity contribution is 0.0382. The highest BCUT2D eigenvalue weighted by Gasteiger charge is 2.37. The smallest absolute Gasteiger partial charge is 0.0696 e. The zero-order valence-corrected chi connectivity index (χ0v) is 8.26. The van der Waals surface area contributed by atoms with Crippen molar-refractivity contribution in [2.45, 2.75) is 46.3 Å². The molecule has 2 nitrogen and oxygen atoms in total. The minimum atomic E-state index is -0.444. The first-order valence-corrected chi connectivity index (χ1v) is 4.30. The number of hydrogen-bond donors (Lipinski definition) is 2. The summed E-state index contributed by atoms with van der Waals surface area (Å²) in [6, 6.07) is 0. The van der Waals surface area contributed by atoms with Crippen LogP contribution in [0.5, 0.6) is 0 Å². The highest BCUT2D eigenvalue weighted by molar-refractivity contribution is 4.94. The Balaban J connectivity index is 4.53. The summed E-state index contributed by atoms with van der Waals surface area (Å²) in [4.78, 5) is 0. The summed E-state index contributed by atoms with van der Waals surface area (Å²) in [6.07, 6.45) is -0.442. The third-order valence-corrected chi connectivity index (χ3v) is 2.72. The van der Waals surface area contributed by atoms with Crippen molar-refractivity contribution in [1.82, 2.24) is 0 Å². The molecule has 68 valence electrons. The summed E-state index contributed by atoms with van der Waals surface area (Å²) in [6.45, 7) is 9.96. The van der Waals surface area contributed by atoms with E-state index in [-0.39, 0.29) is 0 Å². The number of nitrogens with two attached hydrogens (primary N) is 1. The molecule has 0 aromatic carbocycles. The molecule has 0 aromatic rings. The predicted molar refractivity (Wildman–Crippen MR) is 48.3 cm³/mol. The molecule has 1 unspecified atom stereocenters. The Morgan fingerprint density at radius 1 is 1.00 bits per heavy atom. The SMILES string of the molecule is CC(C)C(N)(C(C)C)C(C)O. The normalized spacial score (nSPS) is 16.1. The molecular weight excluding hydrogens is 138 g/mol. The molecule has 11 heavy (non-hydrogen) atoms. The molecule has 0 aliphatic carbocycles. The second-order valence-corrected chi connectivity index (χ2v) is 3.99. The van der Waals surface area contributed by atoms with Gasteiger partial charge in [0.05, 0.1) is 6.10 Å². The Hall–Kier alpha value is -0.0800. The van der Waals surface area contributed by atoms with Crippen LogP contribution in [0.15, 0.2) is 0 Å². The summed E-state index contributed by atoms with van der Waals surface area (Å²) in [5, 5.41) is 9.49. The molecular formula is C9H21NO. The average Bonchev–Trinajstić information content (AvgIpc) is 1.84. The van der Waals surface area contributed by atoms with E-state index in [4.69, 9.17) is 5.73 Å². The van der Waals surface area contributed by atoms with Gasteiger partial charge in [-0.15, -0.1) is 0 Å². The molecule has 0 radical (unpaired) electrons. The van der Waals surface area contributed by atoms with Crippen LogP contribution < -0.4 is 5.73 Å². The summed E-state index contributed by atoms with van der Waals surface area (Å²) in [7, 11) is 0. The predicted octanol–water partition coefficient (Wildman–Crippen LogP) is 1.38. The van der Waals surface area contributed by atoms with Gasteiger partial charge >= 0.3 is 0 Å². The molecule has 0 amide bonds. The fraction of sp³-hybridized carbons (Fsp3) is 1.00. The van der Waals surface area contributed by atoms with Crippen molar-refractivity contribution in [2.75, 3.05) is 0 Å². The van der Waals surface area contributed by atoms with Gasteiger partial charge in [0, 0.05) is 5.54 Å². The molecule has 0 heterocycles. The molecule has 0 spiro atoms. The average molecular weight is 159 g/mol. The zero-order valence-electron chi connectivity index (χ0n) is 8.26. The largest absolute Gasteiger partial charge is 0.391 e. The molecule has 3 N–H and O–H groups in total. The monoisotopic (exact) mass is 159 g/mol. The summed E-state index contributed by atoms with van der Waals surface area (Å²) in [5.41, 5.74) is 5.63. The van der Waals surface area contributed by atoms with Crippen molar-refractivity contribution in [3.63, 3.8) is 0 Å². The fourth-order valence-corrected chi connectivity index (χ4v) is 1.63. The Morgan fingerprint density at radius 2 is 1.27 bits per heavy atom. The number of aliphatic hydroxyl groups is 1. The van der Waals surface area contributed by atoms with E-state index < -0.39 is 11.6 Å². The van der Waals surface area contributed by atoms with Gasteiger partial charge in [-0.2, -0.15) is 0 Å². The minimum Gasteiger partial charge on any atom is -0.391 e. The maximum Gasteiger partial charge on any atom is 0.0696 e. The molecule has 2 heteroatoms.